The van der Waals surface area contributed by atoms with Gasteiger partial charge >= 0.3 is 0 Å². The standard InChI is InChI=1S/C10H18N2O2/c1-3-9(6-11)12-7-10(13-2)4-5-14-8-10/h9,12H,3-5,7-8H2,1-2H3. The number of nitrogens with one attached hydrogen (secondary N) is 1. The van der Waals surface area contributed by atoms with E-state index in [1.165, 1.54) is 0 Å². The van der Waals surface area contributed by atoms with Crippen LogP contribution < -0.4 is 5.32 Å². The van der Waals surface area contributed by atoms with Gasteiger partial charge in [0.05, 0.1) is 18.7 Å². The Kier molecular flexibility index (Phi) is 4.33. The first kappa shape index (κ1) is 11.4. The zero-order chi connectivity index (χ0) is 10.4. The number of rotatable bonds is 5. The lowest BCUT2D eigenvalue weighted by Gasteiger charge is -2.27. The first-order chi connectivity index (χ1) is 6.76. The van der Waals surface area contributed by atoms with Crippen molar-refractivity contribution in [2.45, 2.75) is 31.4 Å². The van der Waals surface area contributed by atoms with E-state index in [2.05, 4.69) is 11.4 Å². The van der Waals surface area contributed by atoms with Crippen LogP contribution in [0, 0.1) is 11.3 Å². The topological polar surface area (TPSA) is 54.3 Å². The summed E-state index contributed by atoms with van der Waals surface area (Å²) in [4.78, 5) is 0. The van der Waals surface area contributed by atoms with Crippen molar-refractivity contribution in [1.82, 2.24) is 5.32 Å². The molecule has 0 amide bonds. The quantitative estimate of drug-likeness (QED) is 0.706. The SMILES string of the molecule is CCC(C#N)NCC1(OC)CCOC1. The molecular weight excluding hydrogens is 180 g/mol. The van der Waals surface area contributed by atoms with Crippen LogP contribution in [0.4, 0.5) is 0 Å². The zero-order valence-electron chi connectivity index (χ0n) is 8.88. The van der Waals surface area contributed by atoms with Crippen LogP contribution in [0.3, 0.4) is 0 Å². The van der Waals surface area contributed by atoms with Gasteiger partial charge in [-0.1, -0.05) is 6.92 Å². The van der Waals surface area contributed by atoms with Crippen LogP contribution in [-0.4, -0.2) is 38.5 Å². The van der Waals surface area contributed by atoms with Crippen LogP contribution in [0.25, 0.3) is 0 Å². The smallest absolute Gasteiger partial charge is 0.106 e. The van der Waals surface area contributed by atoms with Crippen molar-refractivity contribution in [3.8, 4) is 6.07 Å². The van der Waals surface area contributed by atoms with Crippen molar-refractivity contribution in [2.24, 2.45) is 0 Å². The number of hydrogen-bond acceptors (Lipinski definition) is 4. The average molecular weight is 198 g/mol. The number of nitrogens with zero attached hydrogens (tertiary/aromatic N) is 1. The van der Waals surface area contributed by atoms with Crippen LogP contribution >= 0.6 is 0 Å². The fourth-order valence-electron chi connectivity index (χ4n) is 1.55. The third-order valence-corrected chi connectivity index (χ3v) is 2.73. The number of ether oxygens (including phenoxy) is 2. The van der Waals surface area contributed by atoms with Crippen molar-refractivity contribution in [1.29, 1.82) is 5.26 Å². The van der Waals surface area contributed by atoms with E-state index in [0.717, 1.165) is 19.4 Å². The molecular formula is C10H18N2O2. The first-order valence-corrected chi connectivity index (χ1v) is 5.02. The molecule has 0 radical (unpaired) electrons. The lowest BCUT2D eigenvalue weighted by Crippen LogP contribution is -2.45. The van der Waals surface area contributed by atoms with Crippen molar-refractivity contribution in [2.75, 3.05) is 26.9 Å². The van der Waals surface area contributed by atoms with Crippen LogP contribution in [0.2, 0.25) is 0 Å². The van der Waals surface area contributed by atoms with Gasteiger partial charge in [0.1, 0.15) is 5.60 Å². The van der Waals surface area contributed by atoms with Gasteiger partial charge in [-0.25, -0.2) is 0 Å². The summed E-state index contributed by atoms with van der Waals surface area (Å²) in [6, 6.07) is 2.13. The van der Waals surface area contributed by atoms with Gasteiger partial charge in [-0.15, -0.1) is 0 Å². The summed E-state index contributed by atoms with van der Waals surface area (Å²) in [5.41, 5.74) is -0.218. The van der Waals surface area contributed by atoms with Crippen molar-refractivity contribution < 1.29 is 9.47 Å². The van der Waals surface area contributed by atoms with Gasteiger partial charge in [-0.3, -0.25) is 5.32 Å². The molecule has 0 aromatic carbocycles. The van der Waals surface area contributed by atoms with Crippen molar-refractivity contribution in [3.63, 3.8) is 0 Å². The highest BCUT2D eigenvalue weighted by atomic mass is 16.5. The molecule has 80 valence electrons. The lowest BCUT2D eigenvalue weighted by atomic mass is 10.0. The first-order valence-electron chi connectivity index (χ1n) is 5.02. The molecule has 1 heterocycles. The van der Waals surface area contributed by atoms with E-state index in [1.54, 1.807) is 7.11 Å². The summed E-state index contributed by atoms with van der Waals surface area (Å²) in [6.07, 6.45) is 1.72. The molecule has 0 aliphatic carbocycles. The Hall–Kier alpha value is -0.630. The minimum atomic E-state index is -0.218. The molecule has 0 bridgehead atoms. The summed E-state index contributed by atoms with van der Waals surface area (Å²) in [6.45, 7) is 4.05. The maximum atomic E-state index is 8.77. The summed E-state index contributed by atoms with van der Waals surface area (Å²) >= 11 is 0. The van der Waals surface area contributed by atoms with E-state index >= 15 is 0 Å². The molecule has 0 saturated carbocycles. The molecule has 1 aliphatic heterocycles. The fraction of sp³-hybridized carbons (Fsp3) is 0.900. The molecule has 1 fully saturated rings. The molecule has 1 rings (SSSR count). The highest BCUT2D eigenvalue weighted by Gasteiger charge is 2.34. The second-order valence-electron chi connectivity index (χ2n) is 3.66. The molecule has 14 heavy (non-hydrogen) atoms. The maximum absolute atomic E-state index is 8.77. The second kappa shape index (κ2) is 5.30. The van der Waals surface area contributed by atoms with Gasteiger partial charge in [0.2, 0.25) is 0 Å². The highest BCUT2D eigenvalue weighted by Crippen LogP contribution is 2.21. The van der Waals surface area contributed by atoms with Crippen LogP contribution in [0.15, 0.2) is 0 Å². The molecule has 1 saturated heterocycles. The summed E-state index contributed by atoms with van der Waals surface area (Å²) < 4.78 is 10.7. The van der Waals surface area contributed by atoms with Gasteiger partial charge < -0.3 is 9.47 Å². The summed E-state index contributed by atoms with van der Waals surface area (Å²) in [5, 5.41) is 12.0. The minimum Gasteiger partial charge on any atom is -0.378 e. The van der Waals surface area contributed by atoms with Crippen LogP contribution in [-0.2, 0) is 9.47 Å². The molecule has 0 aromatic heterocycles. The maximum Gasteiger partial charge on any atom is 0.106 e. The largest absolute Gasteiger partial charge is 0.378 e. The normalized spacial score (nSPS) is 28.6. The summed E-state index contributed by atoms with van der Waals surface area (Å²) in [5.74, 6) is 0. The molecule has 0 spiro atoms. The Morgan fingerprint density at radius 1 is 1.71 bits per heavy atom. The highest BCUT2D eigenvalue weighted by molar-refractivity contribution is 4.93. The number of hydrogen-bond donors (Lipinski definition) is 1. The number of nitriles is 1. The Balaban J connectivity index is 2.38. The molecule has 2 unspecified atom stereocenters. The Morgan fingerprint density at radius 3 is 2.93 bits per heavy atom. The lowest BCUT2D eigenvalue weighted by molar-refractivity contribution is -0.0166. The van der Waals surface area contributed by atoms with Gasteiger partial charge in [0.15, 0.2) is 0 Å². The predicted molar refractivity (Wildman–Crippen MR) is 52.9 cm³/mol. The Labute approximate surface area is 85.2 Å². The van der Waals surface area contributed by atoms with E-state index in [4.69, 9.17) is 14.7 Å². The molecule has 4 heteroatoms. The van der Waals surface area contributed by atoms with E-state index in [9.17, 15) is 0 Å². The van der Waals surface area contributed by atoms with E-state index < -0.39 is 0 Å². The van der Waals surface area contributed by atoms with Crippen molar-refractivity contribution in [3.05, 3.63) is 0 Å². The number of methoxy groups -OCH3 is 1. The molecule has 0 aromatic rings. The zero-order valence-corrected chi connectivity index (χ0v) is 8.88. The second-order valence-corrected chi connectivity index (χ2v) is 3.66. The third kappa shape index (κ3) is 2.68. The van der Waals surface area contributed by atoms with E-state index in [-0.39, 0.29) is 11.6 Å². The molecule has 1 aliphatic rings. The molecule has 1 N–H and O–H groups in total. The third-order valence-electron chi connectivity index (χ3n) is 2.73. The molecule has 4 nitrogen and oxygen atoms in total. The molecule has 2 atom stereocenters. The van der Waals surface area contributed by atoms with Crippen LogP contribution in [0.1, 0.15) is 19.8 Å². The van der Waals surface area contributed by atoms with Crippen molar-refractivity contribution >= 4 is 0 Å². The van der Waals surface area contributed by atoms with Gasteiger partial charge in [0.25, 0.3) is 0 Å². The Bertz CT molecular complexity index is 207. The van der Waals surface area contributed by atoms with Gasteiger partial charge in [-0.2, -0.15) is 5.26 Å². The Morgan fingerprint density at radius 2 is 2.50 bits per heavy atom. The van der Waals surface area contributed by atoms with E-state index in [0.29, 0.717) is 13.2 Å². The van der Waals surface area contributed by atoms with Crippen LogP contribution in [0.5, 0.6) is 0 Å². The fourth-order valence-corrected chi connectivity index (χ4v) is 1.55. The minimum absolute atomic E-state index is 0.0809. The van der Waals surface area contributed by atoms with Gasteiger partial charge in [0, 0.05) is 26.7 Å². The average Bonchev–Trinajstić information content (AvgIpc) is 2.69. The monoisotopic (exact) mass is 198 g/mol. The summed E-state index contributed by atoms with van der Waals surface area (Å²) in [7, 11) is 1.70. The van der Waals surface area contributed by atoms with Gasteiger partial charge in [-0.05, 0) is 6.42 Å². The van der Waals surface area contributed by atoms with E-state index in [1.807, 2.05) is 6.92 Å². The predicted octanol–water partition coefficient (Wildman–Crippen LogP) is 0.684.